The topological polar surface area (TPSA) is 67.2 Å². The number of carbonyl (C=O) groups excluding carboxylic acids is 1. The molecule has 3 rings (SSSR count). The number of anilines is 1. The molecule has 0 saturated carbocycles. The van der Waals surface area contributed by atoms with E-state index in [1.165, 1.54) is 18.4 Å². The number of oxazole rings is 1. The van der Waals surface area contributed by atoms with Crippen molar-refractivity contribution in [2.45, 2.75) is 19.5 Å². The van der Waals surface area contributed by atoms with Crippen molar-refractivity contribution >= 4 is 11.7 Å². The number of halogens is 3. The predicted octanol–water partition coefficient (Wildman–Crippen LogP) is 5.03. The van der Waals surface area contributed by atoms with E-state index >= 15 is 0 Å². The Hall–Kier alpha value is -3.29. The maximum atomic E-state index is 12.5. The van der Waals surface area contributed by atoms with Gasteiger partial charge in [0.25, 0.3) is 0 Å². The Kier molecular flexibility index (Phi) is 5.67. The van der Waals surface area contributed by atoms with E-state index in [9.17, 15) is 18.0 Å². The van der Waals surface area contributed by atoms with Gasteiger partial charge in [0.15, 0.2) is 0 Å². The number of urea groups is 1. The van der Waals surface area contributed by atoms with Crippen LogP contribution < -0.4 is 10.6 Å². The molecular weight excluding hydrogens is 371 g/mol. The highest BCUT2D eigenvalue weighted by atomic mass is 19.4. The first-order chi connectivity index (χ1) is 13.3. The molecule has 0 unspecified atom stereocenters. The fourth-order valence-electron chi connectivity index (χ4n) is 2.47. The van der Waals surface area contributed by atoms with Gasteiger partial charge < -0.3 is 15.1 Å². The van der Waals surface area contributed by atoms with Crippen LogP contribution in [0.15, 0.2) is 59.2 Å². The van der Waals surface area contributed by atoms with Crippen LogP contribution in [-0.2, 0) is 12.6 Å². The van der Waals surface area contributed by atoms with Gasteiger partial charge >= 0.3 is 12.2 Å². The number of amides is 2. The zero-order valence-electron chi connectivity index (χ0n) is 15.0. The summed E-state index contributed by atoms with van der Waals surface area (Å²) in [5.74, 6) is 0.504. The second-order valence-electron chi connectivity index (χ2n) is 6.22. The van der Waals surface area contributed by atoms with E-state index < -0.39 is 17.8 Å². The van der Waals surface area contributed by atoms with Crippen LogP contribution in [0.2, 0.25) is 0 Å². The number of aromatic nitrogens is 1. The van der Waals surface area contributed by atoms with E-state index in [4.69, 9.17) is 4.42 Å². The lowest BCUT2D eigenvalue weighted by molar-refractivity contribution is -0.137. The molecule has 0 saturated heterocycles. The number of carbonyl (C=O) groups is 1. The summed E-state index contributed by atoms with van der Waals surface area (Å²) in [5.41, 5.74) is 2.19. The van der Waals surface area contributed by atoms with Crippen LogP contribution in [0.25, 0.3) is 11.5 Å². The van der Waals surface area contributed by atoms with Gasteiger partial charge in [-0.3, -0.25) is 0 Å². The minimum atomic E-state index is -4.41. The number of hydrogen-bond donors (Lipinski definition) is 2. The third-order valence-electron chi connectivity index (χ3n) is 3.99. The predicted molar refractivity (Wildman–Crippen MR) is 98.8 cm³/mol. The van der Waals surface area contributed by atoms with Gasteiger partial charge in [-0.05, 0) is 43.3 Å². The fourth-order valence-corrected chi connectivity index (χ4v) is 2.47. The first-order valence-electron chi connectivity index (χ1n) is 8.55. The molecule has 5 nitrogen and oxygen atoms in total. The van der Waals surface area contributed by atoms with Gasteiger partial charge in [-0.25, -0.2) is 9.78 Å². The average Bonchev–Trinajstić information content (AvgIpc) is 3.11. The molecule has 1 aromatic heterocycles. The lowest BCUT2D eigenvalue weighted by atomic mass is 10.1. The van der Waals surface area contributed by atoms with E-state index in [1.54, 1.807) is 0 Å². The summed E-state index contributed by atoms with van der Waals surface area (Å²) in [6.07, 6.45) is -2.42. The summed E-state index contributed by atoms with van der Waals surface area (Å²) in [4.78, 5) is 16.2. The fraction of sp³-hybridized carbons (Fsp3) is 0.200. The number of aryl methyl sites for hydroxylation is 1. The first kappa shape index (κ1) is 19.5. The minimum Gasteiger partial charge on any atom is -0.444 e. The highest BCUT2D eigenvalue weighted by molar-refractivity contribution is 5.89. The highest BCUT2D eigenvalue weighted by Crippen LogP contribution is 2.29. The zero-order valence-corrected chi connectivity index (χ0v) is 15.0. The molecular formula is C20H18F3N3O2. The van der Waals surface area contributed by atoms with Crippen molar-refractivity contribution in [2.24, 2.45) is 0 Å². The Morgan fingerprint density at radius 2 is 1.75 bits per heavy atom. The summed E-state index contributed by atoms with van der Waals surface area (Å²) in [6, 6.07) is 11.5. The van der Waals surface area contributed by atoms with Gasteiger partial charge in [-0.15, -0.1) is 0 Å². The Balaban J connectivity index is 1.47. The number of nitrogens with zero attached hydrogens (tertiary/aromatic N) is 1. The SMILES string of the molecule is Cc1ccc(-c2nc(CCNC(=O)Nc3ccc(C(F)(F)F)cc3)co2)cc1. The average molecular weight is 389 g/mol. The van der Waals surface area contributed by atoms with Crippen molar-refractivity contribution in [3.63, 3.8) is 0 Å². The molecule has 2 amide bonds. The van der Waals surface area contributed by atoms with Crippen LogP contribution >= 0.6 is 0 Å². The van der Waals surface area contributed by atoms with Crippen molar-refractivity contribution in [1.29, 1.82) is 0 Å². The third kappa shape index (κ3) is 5.12. The summed E-state index contributed by atoms with van der Waals surface area (Å²) in [6.45, 7) is 2.29. The van der Waals surface area contributed by atoms with Crippen molar-refractivity contribution in [1.82, 2.24) is 10.3 Å². The Labute approximate surface area is 159 Å². The molecule has 0 aliphatic carbocycles. The number of hydrogen-bond acceptors (Lipinski definition) is 3. The summed E-state index contributed by atoms with van der Waals surface area (Å²) >= 11 is 0. The normalized spacial score (nSPS) is 11.3. The van der Waals surface area contributed by atoms with Crippen LogP contribution in [0, 0.1) is 6.92 Å². The zero-order chi connectivity index (χ0) is 20.1. The van der Waals surface area contributed by atoms with E-state index in [2.05, 4.69) is 15.6 Å². The largest absolute Gasteiger partial charge is 0.444 e. The van der Waals surface area contributed by atoms with Crippen LogP contribution in [0.4, 0.5) is 23.7 Å². The Morgan fingerprint density at radius 1 is 1.07 bits per heavy atom. The van der Waals surface area contributed by atoms with Gasteiger partial charge in [-0.1, -0.05) is 17.7 Å². The lowest BCUT2D eigenvalue weighted by Crippen LogP contribution is -2.30. The van der Waals surface area contributed by atoms with Crippen LogP contribution in [0.5, 0.6) is 0 Å². The van der Waals surface area contributed by atoms with Crippen LogP contribution in [0.1, 0.15) is 16.8 Å². The monoisotopic (exact) mass is 389 g/mol. The molecule has 146 valence electrons. The molecule has 0 aliphatic rings. The number of benzene rings is 2. The van der Waals surface area contributed by atoms with Gasteiger partial charge in [0.2, 0.25) is 5.89 Å². The molecule has 0 bridgehead atoms. The molecule has 2 N–H and O–H groups in total. The van der Waals surface area contributed by atoms with Gasteiger partial charge in [0.05, 0.1) is 11.3 Å². The lowest BCUT2D eigenvalue weighted by Gasteiger charge is -2.09. The second kappa shape index (κ2) is 8.16. The molecule has 0 aliphatic heterocycles. The quantitative estimate of drug-likeness (QED) is 0.643. The Morgan fingerprint density at radius 3 is 2.39 bits per heavy atom. The van der Waals surface area contributed by atoms with Gasteiger partial charge in [0, 0.05) is 24.2 Å². The van der Waals surface area contributed by atoms with Crippen LogP contribution in [0.3, 0.4) is 0 Å². The minimum absolute atomic E-state index is 0.272. The summed E-state index contributed by atoms with van der Waals surface area (Å²) < 4.78 is 43.0. The van der Waals surface area contributed by atoms with Crippen molar-refractivity contribution in [3.05, 3.63) is 71.6 Å². The molecule has 8 heteroatoms. The molecule has 0 spiro atoms. The summed E-state index contributed by atoms with van der Waals surface area (Å²) in [5, 5.41) is 5.11. The second-order valence-corrected chi connectivity index (χ2v) is 6.22. The smallest absolute Gasteiger partial charge is 0.416 e. The number of alkyl halides is 3. The van der Waals surface area contributed by atoms with E-state index in [-0.39, 0.29) is 5.69 Å². The summed E-state index contributed by atoms with van der Waals surface area (Å²) in [7, 11) is 0. The molecule has 0 atom stereocenters. The molecule has 0 radical (unpaired) electrons. The molecule has 1 heterocycles. The maximum Gasteiger partial charge on any atom is 0.416 e. The number of rotatable bonds is 5. The standard InChI is InChI=1S/C20H18F3N3O2/c1-13-2-4-14(5-3-13)18-25-17(12-28-18)10-11-24-19(27)26-16-8-6-15(7-9-16)20(21,22)23/h2-9,12H,10-11H2,1H3,(H2,24,26,27). The van der Waals surface area contributed by atoms with Gasteiger partial charge in [-0.2, -0.15) is 13.2 Å². The van der Waals surface area contributed by atoms with Crippen molar-refractivity contribution < 1.29 is 22.4 Å². The molecule has 3 aromatic rings. The van der Waals surface area contributed by atoms with E-state index in [0.29, 0.717) is 24.6 Å². The first-order valence-corrected chi connectivity index (χ1v) is 8.55. The molecule has 2 aromatic carbocycles. The third-order valence-corrected chi connectivity index (χ3v) is 3.99. The van der Waals surface area contributed by atoms with E-state index in [1.807, 2.05) is 31.2 Å². The molecule has 28 heavy (non-hydrogen) atoms. The van der Waals surface area contributed by atoms with E-state index in [0.717, 1.165) is 23.3 Å². The Bertz CT molecular complexity index is 933. The van der Waals surface area contributed by atoms with Crippen molar-refractivity contribution in [2.75, 3.05) is 11.9 Å². The maximum absolute atomic E-state index is 12.5. The number of nitrogens with one attached hydrogen (secondary N) is 2. The van der Waals surface area contributed by atoms with Gasteiger partial charge in [0.1, 0.15) is 6.26 Å². The molecule has 0 fully saturated rings. The van der Waals surface area contributed by atoms with Crippen molar-refractivity contribution in [3.8, 4) is 11.5 Å². The highest BCUT2D eigenvalue weighted by Gasteiger charge is 2.29. The van der Waals surface area contributed by atoms with Crippen LogP contribution in [-0.4, -0.2) is 17.6 Å².